The second kappa shape index (κ2) is 6.44. The number of benzene rings is 1. The van der Waals surface area contributed by atoms with Crippen molar-refractivity contribution < 1.29 is 4.79 Å². The summed E-state index contributed by atoms with van der Waals surface area (Å²) < 4.78 is 0. The summed E-state index contributed by atoms with van der Waals surface area (Å²) in [6.45, 7) is 2.25. The average Bonchev–Trinajstić information content (AvgIpc) is 3.07. The second-order valence-corrected chi connectivity index (χ2v) is 5.42. The highest BCUT2D eigenvalue weighted by atomic mass is 16.1. The Labute approximate surface area is 125 Å². The first kappa shape index (κ1) is 13.7. The number of piperidine rings is 1. The van der Waals surface area contributed by atoms with Crippen molar-refractivity contribution in [2.24, 2.45) is 0 Å². The van der Waals surface area contributed by atoms with E-state index in [0.29, 0.717) is 0 Å². The van der Waals surface area contributed by atoms with Gasteiger partial charge in [0.15, 0.2) is 5.78 Å². The molecule has 21 heavy (non-hydrogen) atoms. The van der Waals surface area contributed by atoms with Crippen molar-refractivity contribution in [1.82, 2.24) is 4.98 Å². The Kier molecular flexibility index (Phi) is 4.20. The molecule has 1 aliphatic heterocycles. The first-order valence-corrected chi connectivity index (χ1v) is 7.54. The highest BCUT2D eigenvalue weighted by Crippen LogP contribution is 2.20. The Morgan fingerprint density at radius 2 is 1.81 bits per heavy atom. The van der Waals surface area contributed by atoms with E-state index in [1.54, 1.807) is 12.2 Å². The average molecular weight is 280 g/mol. The Hall–Kier alpha value is -2.29. The lowest BCUT2D eigenvalue weighted by atomic mass is 10.1. The van der Waals surface area contributed by atoms with Gasteiger partial charge in [-0.25, -0.2) is 0 Å². The molecular weight excluding hydrogens is 260 g/mol. The number of hydrogen-bond acceptors (Lipinski definition) is 2. The highest BCUT2D eigenvalue weighted by molar-refractivity contribution is 6.06. The zero-order valence-electron chi connectivity index (χ0n) is 12.1. The number of nitrogens with zero attached hydrogens (tertiary/aromatic N) is 1. The van der Waals surface area contributed by atoms with E-state index in [1.807, 2.05) is 30.5 Å². The number of hydrogen-bond donors (Lipinski definition) is 1. The minimum absolute atomic E-state index is 0.0368. The van der Waals surface area contributed by atoms with Gasteiger partial charge in [0.2, 0.25) is 0 Å². The number of aromatic nitrogens is 1. The third-order valence-electron chi connectivity index (χ3n) is 3.91. The van der Waals surface area contributed by atoms with Gasteiger partial charge in [-0.1, -0.05) is 0 Å². The van der Waals surface area contributed by atoms with Gasteiger partial charge in [-0.05, 0) is 67.8 Å². The largest absolute Gasteiger partial charge is 0.372 e. The van der Waals surface area contributed by atoms with E-state index in [-0.39, 0.29) is 5.78 Å². The Balaban J connectivity index is 1.67. The molecule has 1 fully saturated rings. The molecule has 0 atom stereocenters. The number of anilines is 1. The Bertz CT molecular complexity index is 605. The molecule has 1 saturated heterocycles. The molecule has 0 spiro atoms. The van der Waals surface area contributed by atoms with E-state index in [1.165, 1.54) is 24.9 Å². The van der Waals surface area contributed by atoms with Crippen LogP contribution in [0, 0.1) is 0 Å². The summed E-state index contributed by atoms with van der Waals surface area (Å²) in [6.07, 6.45) is 9.12. The molecule has 1 aromatic heterocycles. The molecule has 1 aromatic carbocycles. The normalized spacial score (nSPS) is 15.5. The zero-order valence-corrected chi connectivity index (χ0v) is 12.1. The van der Waals surface area contributed by atoms with E-state index in [2.05, 4.69) is 22.0 Å². The van der Waals surface area contributed by atoms with E-state index in [9.17, 15) is 4.79 Å². The molecule has 0 aliphatic carbocycles. The van der Waals surface area contributed by atoms with Gasteiger partial charge in [-0.15, -0.1) is 0 Å². The highest BCUT2D eigenvalue weighted by Gasteiger charge is 2.11. The third kappa shape index (κ3) is 3.43. The predicted octanol–water partition coefficient (Wildman–Crippen LogP) is 3.90. The number of aromatic amines is 1. The second-order valence-electron chi connectivity index (χ2n) is 5.42. The summed E-state index contributed by atoms with van der Waals surface area (Å²) in [5.74, 6) is 0.0368. The number of carbonyl (C=O) groups is 1. The van der Waals surface area contributed by atoms with E-state index in [0.717, 1.165) is 24.3 Å². The fourth-order valence-corrected chi connectivity index (χ4v) is 2.70. The topological polar surface area (TPSA) is 36.1 Å². The minimum Gasteiger partial charge on any atom is -0.372 e. The van der Waals surface area contributed by atoms with Crippen LogP contribution >= 0.6 is 0 Å². The number of H-pyrrole nitrogens is 1. The smallest absolute Gasteiger partial charge is 0.185 e. The maximum absolute atomic E-state index is 12.1. The number of ketones is 1. The number of carbonyl (C=O) groups excluding carboxylic acids is 1. The van der Waals surface area contributed by atoms with Crippen LogP contribution in [0.25, 0.3) is 6.08 Å². The van der Waals surface area contributed by atoms with Crippen LogP contribution < -0.4 is 4.90 Å². The van der Waals surface area contributed by atoms with Crippen LogP contribution in [0.5, 0.6) is 0 Å². The van der Waals surface area contributed by atoms with Crippen LogP contribution in [0.15, 0.2) is 48.7 Å². The Morgan fingerprint density at radius 3 is 2.48 bits per heavy atom. The maximum Gasteiger partial charge on any atom is 0.185 e. The molecule has 0 unspecified atom stereocenters. The van der Waals surface area contributed by atoms with Gasteiger partial charge in [-0.3, -0.25) is 4.79 Å². The SMILES string of the molecule is O=C(/C=C/c1ccc[nH]1)c1ccc(N2CCCCC2)cc1. The van der Waals surface area contributed by atoms with Gasteiger partial charge in [-0.2, -0.15) is 0 Å². The summed E-state index contributed by atoms with van der Waals surface area (Å²) in [4.78, 5) is 17.6. The molecule has 108 valence electrons. The lowest BCUT2D eigenvalue weighted by Crippen LogP contribution is -2.29. The standard InChI is InChI=1S/C18H20N2O/c21-18(11-8-16-5-4-12-19-16)15-6-9-17(10-7-15)20-13-2-1-3-14-20/h4-12,19H,1-3,13-14H2/b11-8+. The quantitative estimate of drug-likeness (QED) is 0.681. The molecule has 3 heteroatoms. The van der Waals surface area contributed by atoms with E-state index >= 15 is 0 Å². The summed E-state index contributed by atoms with van der Waals surface area (Å²) >= 11 is 0. The first-order chi connectivity index (χ1) is 10.3. The van der Waals surface area contributed by atoms with Gasteiger partial charge in [0, 0.05) is 36.2 Å². The van der Waals surface area contributed by atoms with Crippen molar-refractivity contribution in [1.29, 1.82) is 0 Å². The van der Waals surface area contributed by atoms with Gasteiger partial charge in [0.05, 0.1) is 0 Å². The van der Waals surface area contributed by atoms with Crippen molar-refractivity contribution in [2.45, 2.75) is 19.3 Å². The lowest BCUT2D eigenvalue weighted by molar-refractivity contribution is 0.104. The summed E-state index contributed by atoms with van der Waals surface area (Å²) in [5, 5.41) is 0. The van der Waals surface area contributed by atoms with Crippen molar-refractivity contribution in [3.05, 3.63) is 59.9 Å². The van der Waals surface area contributed by atoms with Crippen LogP contribution in [0.1, 0.15) is 35.3 Å². The Morgan fingerprint density at radius 1 is 1.05 bits per heavy atom. The molecule has 0 radical (unpaired) electrons. The fourth-order valence-electron chi connectivity index (χ4n) is 2.70. The van der Waals surface area contributed by atoms with Crippen LogP contribution in [0.2, 0.25) is 0 Å². The molecule has 2 heterocycles. The minimum atomic E-state index is 0.0368. The molecule has 1 N–H and O–H groups in total. The fraction of sp³-hybridized carbons (Fsp3) is 0.278. The van der Waals surface area contributed by atoms with E-state index in [4.69, 9.17) is 0 Å². The summed E-state index contributed by atoms with van der Waals surface area (Å²) in [5.41, 5.74) is 2.89. The molecule has 1 aliphatic rings. The van der Waals surface area contributed by atoms with Crippen LogP contribution in [-0.2, 0) is 0 Å². The third-order valence-corrected chi connectivity index (χ3v) is 3.91. The molecule has 0 saturated carbocycles. The molecule has 2 aromatic rings. The number of nitrogens with one attached hydrogen (secondary N) is 1. The van der Waals surface area contributed by atoms with Crippen LogP contribution in [-0.4, -0.2) is 23.9 Å². The summed E-state index contributed by atoms with van der Waals surface area (Å²) in [6, 6.07) is 11.8. The van der Waals surface area contributed by atoms with Crippen molar-refractivity contribution in [3.8, 4) is 0 Å². The van der Waals surface area contributed by atoms with E-state index < -0.39 is 0 Å². The van der Waals surface area contributed by atoms with Gasteiger partial charge < -0.3 is 9.88 Å². The lowest BCUT2D eigenvalue weighted by Gasteiger charge is -2.28. The van der Waals surface area contributed by atoms with Crippen molar-refractivity contribution >= 4 is 17.5 Å². The predicted molar refractivity (Wildman–Crippen MR) is 86.7 cm³/mol. The number of allylic oxidation sites excluding steroid dienone is 1. The van der Waals surface area contributed by atoms with Crippen LogP contribution in [0.4, 0.5) is 5.69 Å². The monoisotopic (exact) mass is 280 g/mol. The summed E-state index contributed by atoms with van der Waals surface area (Å²) in [7, 11) is 0. The molecule has 0 amide bonds. The molecule has 3 nitrogen and oxygen atoms in total. The van der Waals surface area contributed by atoms with Gasteiger partial charge in [0.25, 0.3) is 0 Å². The number of rotatable bonds is 4. The molecule has 3 rings (SSSR count). The van der Waals surface area contributed by atoms with Crippen LogP contribution in [0.3, 0.4) is 0 Å². The first-order valence-electron chi connectivity index (χ1n) is 7.54. The molecular formula is C18H20N2O. The maximum atomic E-state index is 12.1. The van der Waals surface area contributed by atoms with Crippen molar-refractivity contribution in [2.75, 3.05) is 18.0 Å². The van der Waals surface area contributed by atoms with Gasteiger partial charge >= 0.3 is 0 Å². The molecule has 0 bridgehead atoms. The zero-order chi connectivity index (χ0) is 14.5. The van der Waals surface area contributed by atoms with Crippen molar-refractivity contribution in [3.63, 3.8) is 0 Å². The van der Waals surface area contributed by atoms with Gasteiger partial charge in [0.1, 0.15) is 0 Å².